The van der Waals surface area contributed by atoms with Crippen LogP contribution < -0.4 is 19.5 Å². The monoisotopic (exact) mass is 484 g/mol. The van der Waals surface area contributed by atoms with Crippen molar-refractivity contribution in [3.8, 4) is 17.4 Å². The van der Waals surface area contributed by atoms with Gasteiger partial charge in [-0.3, -0.25) is 0 Å². The number of aromatic nitrogens is 1. The average Bonchev–Trinajstić information content (AvgIpc) is 2.73. The number of hydrogen-bond acceptors (Lipinski definition) is 5. The molecular weight excluding hydrogens is 456 g/mol. The van der Waals surface area contributed by atoms with Crippen LogP contribution in [-0.2, 0) is 6.61 Å². The average molecular weight is 485 g/mol. The Morgan fingerprint density at radius 1 is 1.00 bits per heavy atom. The summed E-state index contributed by atoms with van der Waals surface area (Å²) in [6.45, 7) is 10.6. The molecule has 1 heterocycles. The van der Waals surface area contributed by atoms with Crippen LogP contribution in [0.15, 0.2) is 46.9 Å². The van der Waals surface area contributed by atoms with Crippen molar-refractivity contribution < 1.29 is 14.2 Å². The van der Waals surface area contributed by atoms with Gasteiger partial charge in [0.05, 0.1) is 17.7 Å². The highest BCUT2D eigenvalue weighted by Crippen LogP contribution is 2.35. The van der Waals surface area contributed by atoms with Gasteiger partial charge in [-0.15, -0.1) is 0 Å². The fourth-order valence-electron chi connectivity index (χ4n) is 3.17. The molecule has 0 saturated heterocycles. The number of anilines is 2. The second-order valence-corrected chi connectivity index (χ2v) is 8.60. The van der Waals surface area contributed by atoms with Gasteiger partial charge in [0.15, 0.2) is 0 Å². The predicted molar refractivity (Wildman–Crippen MR) is 129 cm³/mol. The molecule has 31 heavy (non-hydrogen) atoms. The van der Waals surface area contributed by atoms with Gasteiger partial charge >= 0.3 is 0 Å². The van der Waals surface area contributed by atoms with E-state index in [0.29, 0.717) is 18.3 Å². The molecule has 0 amide bonds. The molecule has 2 aromatic carbocycles. The van der Waals surface area contributed by atoms with Gasteiger partial charge < -0.3 is 19.5 Å². The number of aryl methyl sites for hydroxylation is 2. The molecule has 0 fully saturated rings. The van der Waals surface area contributed by atoms with E-state index >= 15 is 0 Å². The van der Waals surface area contributed by atoms with Crippen molar-refractivity contribution >= 4 is 27.4 Å². The number of nitrogens with one attached hydrogen (secondary N) is 1. The molecule has 0 aliphatic carbocycles. The summed E-state index contributed by atoms with van der Waals surface area (Å²) in [7, 11) is 1.66. The molecule has 0 radical (unpaired) electrons. The largest absolute Gasteiger partial charge is 0.497 e. The van der Waals surface area contributed by atoms with Crippen molar-refractivity contribution in [2.24, 2.45) is 0 Å². The summed E-state index contributed by atoms with van der Waals surface area (Å²) in [5, 5.41) is 3.47. The van der Waals surface area contributed by atoms with Crippen LogP contribution in [0, 0.1) is 20.8 Å². The van der Waals surface area contributed by atoms with Crippen LogP contribution in [0.4, 0.5) is 11.5 Å². The van der Waals surface area contributed by atoms with Gasteiger partial charge in [-0.05, 0) is 85.9 Å². The third kappa shape index (κ3) is 5.70. The number of rotatable bonds is 8. The Morgan fingerprint density at radius 2 is 1.71 bits per heavy atom. The lowest BCUT2D eigenvalue weighted by molar-refractivity contribution is 0.231. The molecule has 3 rings (SSSR count). The first kappa shape index (κ1) is 22.9. The maximum absolute atomic E-state index is 6.12. The Labute approximate surface area is 192 Å². The Balaban J connectivity index is 1.83. The summed E-state index contributed by atoms with van der Waals surface area (Å²) in [4.78, 5) is 4.70. The van der Waals surface area contributed by atoms with E-state index < -0.39 is 0 Å². The summed E-state index contributed by atoms with van der Waals surface area (Å²) >= 11 is 3.62. The van der Waals surface area contributed by atoms with E-state index in [-0.39, 0.29) is 6.10 Å². The van der Waals surface area contributed by atoms with Gasteiger partial charge in [0, 0.05) is 16.8 Å². The van der Waals surface area contributed by atoms with Crippen LogP contribution in [0.2, 0.25) is 0 Å². The minimum atomic E-state index is 0.0541. The van der Waals surface area contributed by atoms with Crippen LogP contribution in [0.3, 0.4) is 0 Å². The van der Waals surface area contributed by atoms with Crippen molar-refractivity contribution in [1.82, 2.24) is 4.98 Å². The van der Waals surface area contributed by atoms with Gasteiger partial charge in [-0.25, -0.2) is 0 Å². The lowest BCUT2D eigenvalue weighted by atomic mass is 10.1. The van der Waals surface area contributed by atoms with Crippen molar-refractivity contribution in [2.75, 3.05) is 12.4 Å². The topological polar surface area (TPSA) is 52.6 Å². The number of nitrogens with zero attached hydrogens (tertiary/aromatic N) is 1. The Bertz CT molecular complexity index is 1050. The first-order valence-corrected chi connectivity index (χ1v) is 11.0. The molecule has 5 nitrogen and oxygen atoms in total. The maximum Gasteiger partial charge on any atom is 0.218 e. The molecule has 0 atom stereocenters. The number of ether oxygens (including phenoxy) is 3. The zero-order valence-electron chi connectivity index (χ0n) is 18.9. The summed E-state index contributed by atoms with van der Waals surface area (Å²) in [6.07, 6.45) is 0.0541. The fraction of sp³-hybridized carbons (Fsp3) is 0.320. The van der Waals surface area contributed by atoms with E-state index in [1.807, 2.05) is 70.2 Å². The number of hydrogen-bond donors (Lipinski definition) is 1. The summed E-state index contributed by atoms with van der Waals surface area (Å²) in [5.41, 5.74) is 5.16. The van der Waals surface area contributed by atoms with Crippen LogP contribution >= 0.6 is 15.9 Å². The van der Waals surface area contributed by atoms with E-state index in [9.17, 15) is 0 Å². The van der Waals surface area contributed by atoms with E-state index in [1.165, 1.54) is 0 Å². The lowest BCUT2D eigenvalue weighted by Gasteiger charge is -2.19. The molecule has 0 saturated carbocycles. The molecular formula is C25H29BrN2O3. The highest BCUT2D eigenvalue weighted by Gasteiger charge is 2.14. The highest BCUT2D eigenvalue weighted by atomic mass is 79.9. The molecule has 164 valence electrons. The molecule has 1 N–H and O–H groups in total. The quantitative estimate of drug-likeness (QED) is 0.377. The van der Waals surface area contributed by atoms with Gasteiger partial charge in [-0.2, -0.15) is 4.98 Å². The Morgan fingerprint density at radius 3 is 2.35 bits per heavy atom. The van der Waals surface area contributed by atoms with E-state index in [0.717, 1.165) is 43.9 Å². The van der Waals surface area contributed by atoms with Crippen LogP contribution in [0.5, 0.6) is 17.4 Å². The second kappa shape index (κ2) is 10.1. The molecule has 0 aliphatic rings. The molecule has 0 unspecified atom stereocenters. The third-order valence-electron chi connectivity index (χ3n) is 4.89. The van der Waals surface area contributed by atoms with Gasteiger partial charge in [0.1, 0.15) is 23.9 Å². The molecule has 0 bridgehead atoms. The standard InChI is InChI=1S/C25H29BrN2O3/c1-15(2)31-25-17(4)13-21(26)24(28-25)27-23-16(3)7-12-22(18(23)5)30-14-19-8-10-20(29-6)11-9-19/h7-13,15H,14H2,1-6H3,(H,27,28). The van der Waals surface area contributed by atoms with Crippen LogP contribution in [0.1, 0.15) is 36.1 Å². The highest BCUT2D eigenvalue weighted by molar-refractivity contribution is 9.10. The van der Waals surface area contributed by atoms with Crippen LogP contribution in [0.25, 0.3) is 0 Å². The lowest BCUT2D eigenvalue weighted by Crippen LogP contribution is -2.10. The zero-order chi connectivity index (χ0) is 22.5. The van der Waals surface area contributed by atoms with E-state index in [1.54, 1.807) is 7.11 Å². The zero-order valence-corrected chi connectivity index (χ0v) is 20.5. The summed E-state index contributed by atoms with van der Waals surface area (Å²) in [5.74, 6) is 2.99. The molecule has 6 heteroatoms. The van der Waals surface area contributed by atoms with Crippen molar-refractivity contribution in [3.63, 3.8) is 0 Å². The van der Waals surface area contributed by atoms with Crippen molar-refractivity contribution in [1.29, 1.82) is 0 Å². The summed E-state index contributed by atoms with van der Waals surface area (Å²) in [6, 6.07) is 13.9. The normalized spacial score (nSPS) is 10.8. The first-order valence-electron chi connectivity index (χ1n) is 10.2. The third-order valence-corrected chi connectivity index (χ3v) is 5.49. The predicted octanol–water partition coefficient (Wildman–Crippen LogP) is 6.89. The fourth-order valence-corrected chi connectivity index (χ4v) is 3.70. The molecule has 0 spiro atoms. The molecule has 1 aromatic heterocycles. The second-order valence-electron chi connectivity index (χ2n) is 7.75. The Hall–Kier alpha value is -2.73. The van der Waals surface area contributed by atoms with E-state index in [2.05, 4.69) is 28.2 Å². The number of benzene rings is 2. The molecule has 3 aromatic rings. The van der Waals surface area contributed by atoms with Gasteiger partial charge in [0.25, 0.3) is 0 Å². The SMILES string of the molecule is COc1ccc(COc2ccc(C)c(Nc3nc(OC(C)C)c(C)cc3Br)c2C)cc1. The summed E-state index contributed by atoms with van der Waals surface area (Å²) < 4.78 is 18.1. The smallest absolute Gasteiger partial charge is 0.218 e. The maximum atomic E-state index is 6.12. The Kier molecular flexibility index (Phi) is 7.44. The van der Waals surface area contributed by atoms with E-state index in [4.69, 9.17) is 19.2 Å². The van der Waals surface area contributed by atoms with Gasteiger partial charge in [-0.1, -0.05) is 18.2 Å². The molecule has 0 aliphatic heterocycles. The number of methoxy groups -OCH3 is 1. The minimum absolute atomic E-state index is 0.0541. The first-order chi connectivity index (χ1) is 14.8. The van der Waals surface area contributed by atoms with Crippen LogP contribution in [-0.4, -0.2) is 18.2 Å². The van der Waals surface area contributed by atoms with Crippen molar-refractivity contribution in [3.05, 3.63) is 69.2 Å². The minimum Gasteiger partial charge on any atom is -0.497 e. The number of halogens is 1. The van der Waals surface area contributed by atoms with Gasteiger partial charge in [0.2, 0.25) is 5.88 Å². The number of pyridine rings is 1. The van der Waals surface area contributed by atoms with Crippen molar-refractivity contribution in [2.45, 2.75) is 47.3 Å².